The number of amides is 1. The van der Waals surface area contributed by atoms with Gasteiger partial charge in [-0.3, -0.25) is 4.79 Å². The van der Waals surface area contributed by atoms with Gasteiger partial charge in [0.05, 0.1) is 12.0 Å². The zero-order valence-electron chi connectivity index (χ0n) is 22.5. The fourth-order valence-corrected chi connectivity index (χ4v) is 8.26. The van der Waals surface area contributed by atoms with Gasteiger partial charge < -0.3 is 9.64 Å². The highest BCUT2D eigenvalue weighted by Gasteiger charge is 2.58. The summed E-state index contributed by atoms with van der Waals surface area (Å²) in [6.07, 6.45) is 3.01. The van der Waals surface area contributed by atoms with Crippen molar-refractivity contribution in [1.29, 1.82) is 0 Å². The van der Waals surface area contributed by atoms with E-state index in [0.29, 0.717) is 35.2 Å². The molecule has 8 heteroatoms. The summed E-state index contributed by atoms with van der Waals surface area (Å²) in [5.74, 6) is 1.29. The van der Waals surface area contributed by atoms with Crippen molar-refractivity contribution in [3.8, 4) is 5.75 Å². The zero-order valence-corrected chi connectivity index (χ0v) is 24.1. The monoisotopic (exact) mass is 564 g/mol. The summed E-state index contributed by atoms with van der Waals surface area (Å²) in [4.78, 5) is 16.7. The highest BCUT2D eigenvalue weighted by atomic mass is 35.5. The number of rotatable bonds is 6. The standard InChI is InChI=1S/C31H33ClN2O4S/c1-33(2)39(36,37)29-11-9-23(38-3)17-21(29)16-20-12-14-34(15-13-20)30(35)31-19-26(24-6-4-5-7-27(24)31)25-10-8-22(32)18-28(25)31/h4-11,17-18,20,26H,12-16,19H2,1-3H3/t26-,31+/m1/s1. The van der Waals surface area contributed by atoms with Crippen LogP contribution in [0.3, 0.4) is 0 Å². The van der Waals surface area contributed by atoms with E-state index in [0.717, 1.165) is 36.0 Å². The smallest absolute Gasteiger partial charge is 0.242 e. The minimum absolute atomic E-state index is 0.161. The maximum Gasteiger partial charge on any atom is 0.242 e. The first kappa shape index (κ1) is 26.4. The minimum Gasteiger partial charge on any atom is -0.497 e. The molecule has 0 unspecified atom stereocenters. The number of hydrogen-bond acceptors (Lipinski definition) is 4. The van der Waals surface area contributed by atoms with Crippen LogP contribution in [0.15, 0.2) is 65.6 Å². The number of piperidine rings is 1. The third-order valence-electron chi connectivity index (χ3n) is 8.96. The second-order valence-electron chi connectivity index (χ2n) is 11.2. The number of fused-ring (bicyclic) bond motifs is 8. The normalized spacial score (nSPS) is 22.2. The topological polar surface area (TPSA) is 66.9 Å². The lowest BCUT2D eigenvalue weighted by Gasteiger charge is -2.39. The van der Waals surface area contributed by atoms with Crippen molar-refractivity contribution in [3.63, 3.8) is 0 Å². The van der Waals surface area contributed by atoms with Crippen molar-refractivity contribution in [3.05, 3.63) is 93.5 Å². The fourth-order valence-electron chi connectivity index (χ4n) is 6.98. The van der Waals surface area contributed by atoms with Gasteiger partial charge >= 0.3 is 0 Å². The quantitative estimate of drug-likeness (QED) is 0.412. The Hall–Kier alpha value is -2.87. The first-order valence-electron chi connectivity index (χ1n) is 13.4. The predicted octanol–water partition coefficient (Wildman–Crippen LogP) is 5.22. The Morgan fingerprint density at radius 2 is 1.74 bits per heavy atom. The van der Waals surface area contributed by atoms with Crippen molar-refractivity contribution in [2.45, 2.75) is 41.9 Å². The van der Waals surface area contributed by atoms with Crippen LogP contribution in [0.25, 0.3) is 0 Å². The number of sulfonamides is 1. The van der Waals surface area contributed by atoms with Crippen LogP contribution in [0.4, 0.5) is 0 Å². The van der Waals surface area contributed by atoms with Crippen LogP contribution in [0.1, 0.15) is 53.0 Å². The van der Waals surface area contributed by atoms with Crippen LogP contribution in [0.2, 0.25) is 5.02 Å². The molecule has 1 fully saturated rings. The average molecular weight is 565 g/mol. The summed E-state index contributed by atoms with van der Waals surface area (Å²) in [7, 11) is 1.10. The van der Waals surface area contributed by atoms with Gasteiger partial charge in [0.1, 0.15) is 11.2 Å². The molecule has 6 nitrogen and oxygen atoms in total. The van der Waals surface area contributed by atoms with Crippen LogP contribution in [-0.2, 0) is 26.7 Å². The Morgan fingerprint density at radius 3 is 2.46 bits per heavy atom. The Balaban J connectivity index is 1.25. The molecule has 1 saturated heterocycles. The van der Waals surface area contributed by atoms with Gasteiger partial charge in [-0.15, -0.1) is 0 Å². The van der Waals surface area contributed by atoms with E-state index in [-0.39, 0.29) is 17.7 Å². The molecule has 3 aliphatic rings. The van der Waals surface area contributed by atoms with Crippen molar-refractivity contribution in [1.82, 2.24) is 9.21 Å². The van der Waals surface area contributed by atoms with Crippen molar-refractivity contribution >= 4 is 27.5 Å². The summed E-state index contributed by atoms with van der Waals surface area (Å²) in [5, 5.41) is 0.659. The summed E-state index contributed by atoms with van der Waals surface area (Å²) in [6, 6.07) is 19.5. The predicted molar refractivity (Wildman–Crippen MR) is 152 cm³/mol. The van der Waals surface area contributed by atoms with Crippen molar-refractivity contribution in [2.24, 2.45) is 5.92 Å². The average Bonchev–Trinajstić information content (AvgIpc) is 3.46. The number of methoxy groups -OCH3 is 1. The Kier molecular flexibility index (Phi) is 6.52. The lowest BCUT2D eigenvalue weighted by molar-refractivity contribution is -0.137. The number of benzene rings is 3. The van der Waals surface area contributed by atoms with E-state index in [1.54, 1.807) is 33.3 Å². The number of nitrogens with zero attached hydrogens (tertiary/aromatic N) is 2. The van der Waals surface area contributed by atoms with E-state index in [1.807, 2.05) is 29.2 Å². The Morgan fingerprint density at radius 1 is 1.03 bits per heavy atom. The van der Waals surface area contributed by atoms with Crippen molar-refractivity contribution < 1.29 is 17.9 Å². The number of halogens is 1. The number of hydrogen-bond donors (Lipinski definition) is 0. The van der Waals surface area contributed by atoms with Gasteiger partial charge in [-0.2, -0.15) is 0 Å². The lowest BCUT2D eigenvalue weighted by atomic mass is 9.73. The highest BCUT2D eigenvalue weighted by molar-refractivity contribution is 7.89. The fraction of sp³-hybridized carbons (Fsp3) is 0.387. The van der Waals surface area contributed by atoms with Gasteiger partial charge in [-0.25, -0.2) is 12.7 Å². The first-order valence-corrected chi connectivity index (χ1v) is 15.3. The minimum atomic E-state index is -3.58. The second-order valence-corrected chi connectivity index (χ2v) is 13.7. The molecule has 2 bridgehead atoms. The maximum absolute atomic E-state index is 14.4. The van der Waals surface area contributed by atoms with Crippen LogP contribution in [-0.4, -0.2) is 57.8 Å². The Bertz CT molecular complexity index is 1560. The van der Waals surface area contributed by atoms with Gasteiger partial charge in [-0.1, -0.05) is 41.9 Å². The third-order valence-corrected chi connectivity index (χ3v) is 11.1. The SMILES string of the molecule is COc1ccc(S(=O)(=O)N(C)C)c(CC2CCN(C(=O)[C@@]34C[C@H](c5ccccc53)c3ccc(Cl)cc34)CC2)c1. The number of ether oxygens (including phenoxy) is 1. The van der Waals surface area contributed by atoms with Gasteiger partial charge in [0.25, 0.3) is 0 Å². The second kappa shape index (κ2) is 9.65. The van der Waals surface area contributed by atoms with E-state index in [2.05, 4.69) is 24.3 Å². The molecule has 3 aromatic carbocycles. The zero-order chi connectivity index (χ0) is 27.5. The van der Waals surface area contributed by atoms with Crippen molar-refractivity contribution in [2.75, 3.05) is 34.3 Å². The van der Waals surface area contributed by atoms with E-state index in [1.165, 1.54) is 15.4 Å². The first-order chi connectivity index (χ1) is 18.7. The van der Waals surface area contributed by atoms with E-state index >= 15 is 0 Å². The summed E-state index contributed by atoms with van der Waals surface area (Å²) < 4.78 is 32.7. The highest BCUT2D eigenvalue weighted by Crippen LogP contribution is 2.61. The van der Waals surface area contributed by atoms with Crippen LogP contribution in [0, 0.1) is 5.92 Å². The summed E-state index contributed by atoms with van der Waals surface area (Å²) in [5.41, 5.74) is 4.72. The van der Waals surface area contributed by atoms with Crippen LogP contribution < -0.4 is 4.74 Å². The van der Waals surface area contributed by atoms with E-state index in [4.69, 9.17) is 16.3 Å². The van der Waals surface area contributed by atoms with E-state index < -0.39 is 15.4 Å². The summed E-state index contributed by atoms with van der Waals surface area (Å²) in [6.45, 7) is 1.29. The Labute approximate surface area is 235 Å². The molecule has 1 heterocycles. The van der Waals surface area contributed by atoms with E-state index in [9.17, 15) is 13.2 Å². The third kappa shape index (κ3) is 4.09. The molecule has 2 aliphatic carbocycles. The molecule has 204 valence electrons. The molecule has 0 radical (unpaired) electrons. The molecule has 1 aliphatic heterocycles. The molecule has 6 rings (SSSR count). The molecule has 0 spiro atoms. The van der Waals surface area contributed by atoms with Gasteiger partial charge in [-0.05, 0) is 89.8 Å². The molecule has 39 heavy (non-hydrogen) atoms. The summed E-state index contributed by atoms with van der Waals surface area (Å²) >= 11 is 6.44. The molecular weight excluding hydrogens is 532 g/mol. The molecule has 0 aromatic heterocycles. The molecule has 3 aromatic rings. The van der Waals surface area contributed by atoms with Gasteiger partial charge in [0, 0.05) is 38.1 Å². The number of likely N-dealkylation sites (tertiary alicyclic amines) is 1. The number of carbonyl (C=O) groups is 1. The molecule has 1 amide bonds. The molecule has 0 saturated carbocycles. The lowest BCUT2D eigenvalue weighted by Crippen LogP contribution is -2.49. The van der Waals surface area contributed by atoms with Crippen LogP contribution in [0.5, 0.6) is 5.75 Å². The van der Waals surface area contributed by atoms with Crippen LogP contribution >= 0.6 is 11.6 Å². The molecular formula is C31H33ClN2O4S. The van der Waals surface area contributed by atoms with Gasteiger partial charge in [0.2, 0.25) is 15.9 Å². The molecule has 2 atom stereocenters. The maximum atomic E-state index is 14.4. The molecule has 0 N–H and O–H groups in total. The number of carbonyl (C=O) groups excluding carboxylic acids is 1. The van der Waals surface area contributed by atoms with Gasteiger partial charge in [0.15, 0.2) is 0 Å². The largest absolute Gasteiger partial charge is 0.497 e.